The van der Waals surface area contributed by atoms with Crippen LogP contribution in [0.5, 0.6) is 0 Å². The van der Waals surface area contributed by atoms with Crippen LogP contribution in [0.2, 0.25) is 0 Å². The molecule has 2 aliphatic rings. The van der Waals surface area contributed by atoms with Crippen LogP contribution in [0.3, 0.4) is 0 Å². The van der Waals surface area contributed by atoms with Crippen LogP contribution >= 0.6 is 0 Å². The van der Waals surface area contributed by atoms with Crippen LogP contribution < -0.4 is 5.32 Å². The molecule has 0 aromatic carbocycles. The summed E-state index contributed by atoms with van der Waals surface area (Å²) >= 11 is 0. The van der Waals surface area contributed by atoms with E-state index in [1.807, 2.05) is 0 Å². The number of amides is 1. The highest BCUT2D eigenvalue weighted by atomic mass is 16.2. The topological polar surface area (TPSA) is 32.3 Å². The van der Waals surface area contributed by atoms with Crippen molar-refractivity contribution in [1.29, 1.82) is 0 Å². The van der Waals surface area contributed by atoms with Crippen LogP contribution in [-0.4, -0.2) is 35.5 Å². The molecule has 2 rings (SSSR count). The Balaban J connectivity index is 1.92. The summed E-state index contributed by atoms with van der Waals surface area (Å²) in [7, 11) is 0. The monoisotopic (exact) mass is 224 g/mol. The maximum absolute atomic E-state index is 12.3. The van der Waals surface area contributed by atoms with Gasteiger partial charge in [-0.3, -0.25) is 4.79 Å². The Labute approximate surface area is 98.6 Å². The second-order valence-corrected chi connectivity index (χ2v) is 5.52. The van der Waals surface area contributed by atoms with Crippen molar-refractivity contribution in [3.05, 3.63) is 0 Å². The van der Waals surface area contributed by atoms with E-state index in [4.69, 9.17) is 0 Å². The maximum atomic E-state index is 12.3. The molecule has 0 spiro atoms. The van der Waals surface area contributed by atoms with Crippen molar-refractivity contribution in [1.82, 2.24) is 10.2 Å². The number of carbonyl (C=O) groups is 1. The third kappa shape index (κ3) is 2.40. The highest BCUT2D eigenvalue weighted by molar-refractivity contribution is 5.83. The van der Waals surface area contributed by atoms with Gasteiger partial charge in [-0.1, -0.05) is 27.2 Å². The van der Waals surface area contributed by atoms with Gasteiger partial charge in [0.2, 0.25) is 5.91 Å². The molecule has 1 heterocycles. The van der Waals surface area contributed by atoms with Gasteiger partial charge in [-0.2, -0.15) is 0 Å². The van der Waals surface area contributed by atoms with Gasteiger partial charge in [0.05, 0.1) is 6.04 Å². The van der Waals surface area contributed by atoms with Gasteiger partial charge in [-0.25, -0.2) is 0 Å². The minimum absolute atomic E-state index is 0.0758. The van der Waals surface area contributed by atoms with Crippen molar-refractivity contribution < 1.29 is 4.79 Å². The molecule has 1 aliphatic heterocycles. The smallest absolute Gasteiger partial charge is 0.239 e. The van der Waals surface area contributed by atoms with Crippen molar-refractivity contribution in [2.24, 2.45) is 5.92 Å². The zero-order valence-corrected chi connectivity index (χ0v) is 10.7. The number of likely N-dealkylation sites (tertiary alicyclic amines) is 1. The molecule has 0 radical (unpaired) electrons. The number of carbonyl (C=O) groups excluding carboxylic acids is 1. The first-order valence-electron chi connectivity index (χ1n) is 6.70. The summed E-state index contributed by atoms with van der Waals surface area (Å²) in [4.78, 5) is 14.4. The Kier molecular flexibility index (Phi) is 3.53. The summed E-state index contributed by atoms with van der Waals surface area (Å²) in [6.07, 6.45) is 4.62. The summed E-state index contributed by atoms with van der Waals surface area (Å²) in [6, 6.07) is 1.04. The molecule has 1 saturated carbocycles. The van der Waals surface area contributed by atoms with Crippen LogP contribution in [0.1, 0.15) is 46.5 Å². The minimum atomic E-state index is 0.0758. The van der Waals surface area contributed by atoms with E-state index < -0.39 is 0 Å². The van der Waals surface area contributed by atoms with Crippen LogP contribution in [0, 0.1) is 5.92 Å². The fourth-order valence-corrected chi connectivity index (χ4v) is 2.84. The average Bonchev–Trinajstić information content (AvgIpc) is 2.99. The van der Waals surface area contributed by atoms with E-state index in [0.717, 1.165) is 25.3 Å². The van der Waals surface area contributed by atoms with E-state index in [9.17, 15) is 4.79 Å². The quantitative estimate of drug-likeness (QED) is 0.789. The molecular formula is C13H24N2O. The highest BCUT2D eigenvalue weighted by Crippen LogP contribution is 2.39. The normalized spacial score (nSPS) is 34.6. The van der Waals surface area contributed by atoms with Crippen LogP contribution in [0.15, 0.2) is 0 Å². The zero-order valence-electron chi connectivity index (χ0n) is 10.7. The molecule has 3 unspecified atom stereocenters. The number of hydrogen-bond donors (Lipinski definition) is 1. The van der Waals surface area contributed by atoms with Gasteiger partial charge < -0.3 is 10.2 Å². The lowest BCUT2D eigenvalue weighted by atomic mass is 10.0. The maximum Gasteiger partial charge on any atom is 0.239 e. The molecule has 0 bridgehead atoms. The number of nitrogens with zero attached hydrogens (tertiary/aromatic N) is 1. The Morgan fingerprint density at radius 2 is 2.25 bits per heavy atom. The van der Waals surface area contributed by atoms with Gasteiger partial charge in [0, 0.05) is 18.6 Å². The summed E-state index contributed by atoms with van der Waals surface area (Å²) in [6.45, 7) is 7.43. The van der Waals surface area contributed by atoms with Crippen molar-refractivity contribution in [2.45, 2.75) is 64.6 Å². The van der Waals surface area contributed by atoms with Gasteiger partial charge in [0.15, 0.2) is 0 Å². The van der Waals surface area contributed by atoms with Gasteiger partial charge in [-0.15, -0.1) is 0 Å². The van der Waals surface area contributed by atoms with Gasteiger partial charge in [-0.05, 0) is 25.2 Å². The van der Waals surface area contributed by atoms with E-state index in [-0.39, 0.29) is 6.04 Å². The molecular weight excluding hydrogens is 200 g/mol. The molecule has 3 nitrogen and oxygen atoms in total. The number of hydrogen-bond acceptors (Lipinski definition) is 2. The van der Waals surface area contributed by atoms with E-state index >= 15 is 0 Å². The van der Waals surface area contributed by atoms with E-state index in [1.165, 1.54) is 12.8 Å². The first kappa shape index (κ1) is 11.9. The molecule has 1 amide bonds. The predicted octanol–water partition coefficient (Wildman–Crippen LogP) is 1.77. The molecule has 3 heteroatoms. The van der Waals surface area contributed by atoms with E-state index in [1.54, 1.807) is 0 Å². The Hall–Kier alpha value is -0.570. The lowest BCUT2D eigenvalue weighted by Crippen LogP contribution is -2.53. The SMILES string of the molecule is CCC1CC1N1CCCC(NC(C)C)C1=O. The minimum Gasteiger partial charge on any atom is -0.338 e. The van der Waals surface area contributed by atoms with Crippen molar-refractivity contribution in [2.75, 3.05) is 6.54 Å². The number of rotatable bonds is 4. The molecule has 92 valence electrons. The predicted molar refractivity (Wildman–Crippen MR) is 65.2 cm³/mol. The number of piperidine rings is 1. The molecule has 2 fully saturated rings. The van der Waals surface area contributed by atoms with Gasteiger partial charge in [0.1, 0.15) is 0 Å². The van der Waals surface area contributed by atoms with Crippen molar-refractivity contribution >= 4 is 5.91 Å². The highest BCUT2D eigenvalue weighted by Gasteiger charge is 2.44. The second kappa shape index (κ2) is 4.74. The Bertz CT molecular complexity index is 265. The van der Waals surface area contributed by atoms with Crippen LogP contribution in [0.4, 0.5) is 0 Å². The largest absolute Gasteiger partial charge is 0.338 e. The Morgan fingerprint density at radius 3 is 2.81 bits per heavy atom. The first-order chi connectivity index (χ1) is 7.63. The van der Waals surface area contributed by atoms with Gasteiger partial charge >= 0.3 is 0 Å². The molecule has 1 saturated heterocycles. The molecule has 16 heavy (non-hydrogen) atoms. The summed E-state index contributed by atoms with van der Waals surface area (Å²) < 4.78 is 0. The number of nitrogens with one attached hydrogen (secondary N) is 1. The summed E-state index contributed by atoms with van der Waals surface area (Å²) in [5.74, 6) is 1.13. The lowest BCUT2D eigenvalue weighted by Gasteiger charge is -2.34. The van der Waals surface area contributed by atoms with Gasteiger partial charge in [0.25, 0.3) is 0 Å². The first-order valence-corrected chi connectivity index (χ1v) is 6.70. The molecule has 1 N–H and O–H groups in total. The zero-order chi connectivity index (χ0) is 11.7. The van der Waals surface area contributed by atoms with Crippen molar-refractivity contribution in [3.8, 4) is 0 Å². The molecule has 3 atom stereocenters. The third-order valence-corrected chi connectivity index (χ3v) is 3.82. The third-order valence-electron chi connectivity index (χ3n) is 3.82. The van der Waals surface area contributed by atoms with Crippen molar-refractivity contribution in [3.63, 3.8) is 0 Å². The average molecular weight is 224 g/mol. The lowest BCUT2D eigenvalue weighted by molar-refractivity contribution is -0.137. The standard InChI is InChI=1S/C13H24N2O/c1-4-10-8-12(10)15-7-5-6-11(13(15)16)14-9(2)3/h9-12,14H,4-8H2,1-3H3. The van der Waals surface area contributed by atoms with Crippen LogP contribution in [-0.2, 0) is 4.79 Å². The van der Waals surface area contributed by atoms with Crippen LogP contribution in [0.25, 0.3) is 0 Å². The second-order valence-electron chi connectivity index (χ2n) is 5.52. The fraction of sp³-hybridized carbons (Fsp3) is 0.923. The molecule has 0 aromatic heterocycles. The summed E-state index contributed by atoms with van der Waals surface area (Å²) in [5, 5.41) is 3.39. The Morgan fingerprint density at radius 1 is 1.50 bits per heavy atom. The van der Waals surface area contributed by atoms with E-state index in [0.29, 0.717) is 18.0 Å². The summed E-state index contributed by atoms with van der Waals surface area (Å²) in [5.41, 5.74) is 0. The molecule has 0 aromatic rings. The van der Waals surface area contributed by atoms with E-state index in [2.05, 4.69) is 31.0 Å². The fourth-order valence-electron chi connectivity index (χ4n) is 2.84. The molecule has 1 aliphatic carbocycles.